The van der Waals surface area contributed by atoms with Crippen molar-refractivity contribution in [3.05, 3.63) is 24.4 Å². The Morgan fingerprint density at radius 1 is 1.50 bits per heavy atom. The second kappa shape index (κ2) is 6.63. The van der Waals surface area contributed by atoms with Gasteiger partial charge in [0.1, 0.15) is 0 Å². The van der Waals surface area contributed by atoms with E-state index < -0.39 is 0 Å². The van der Waals surface area contributed by atoms with Crippen molar-refractivity contribution in [2.45, 2.75) is 0 Å². The van der Waals surface area contributed by atoms with Gasteiger partial charge in [0, 0.05) is 5.75 Å². The van der Waals surface area contributed by atoms with Crippen LogP contribution in [0.3, 0.4) is 0 Å². The van der Waals surface area contributed by atoms with E-state index >= 15 is 0 Å². The molecule has 0 rings (SSSR count). The molecule has 0 aliphatic carbocycles. The first-order valence-corrected chi connectivity index (χ1v) is 3.83. The molecular weight excluding hydrogens is 118 g/mol. The standard InChI is InChI=1S/C6H11NS/c1-8-6-4-2-3-5-7/h2-5H,6-7H2,1H3/b4-2+,5-3-. The molecule has 0 atom stereocenters. The van der Waals surface area contributed by atoms with Crippen molar-refractivity contribution in [1.82, 2.24) is 0 Å². The Balaban J connectivity index is 3.07. The van der Waals surface area contributed by atoms with Gasteiger partial charge in [-0.25, -0.2) is 0 Å². The third kappa shape index (κ3) is 5.63. The summed E-state index contributed by atoms with van der Waals surface area (Å²) >= 11 is 1.79. The second-order valence-electron chi connectivity index (χ2n) is 1.27. The zero-order valence-electron chi connectivity index (χ0n) is 5.00. The maximum atomic E-state index is 5.07. The van der Waals surface area contributed by atoms with Gasteiger partial charge in [-0.1, -0.05) is 12.2 Å². The van der Waals surface area contributed by atoms with Crippen LogP contribution >= 0.6 is 11.8 Å². The number of allylic oxidation sites excluding steroid dienone is 2. The molecule has 0 saturated carbocycles. The molecule has 0 amide bonds. The monoisotopic (exact) mass is 129 g/mol. The molecular formula is C6H11NS. The minimum absolute atomic E-state index is 1.06. The molecule has 0 aromatic heterocycles. The van der Waals surface area contributed by atoms with Crippen molar-refractivity contribution in [2.24, 2.45) is 5.73 Å². The smallest absolute Gasteiger partial charge is 0.0113 e. The lowest BCUT2D eigenvalue weighted by molar-refractivity contribution is 1.59. The number of hydrogen-bond acceptors (Lipinski definition) is 2. The van der Waals surface area contributed by atoms with Crippen LogP contribution in [0.4, 0.5) is 0 Å². The quantitative estimate of drug-likeness (QED) is 0.582. The van der Waals surface area contributed by atoms with Gasteiger partial charge in [0.15, 0.2) is 0 Å². The second-order valence-corrected chi connectivity index (χ2v) is 2.18. The number of rotatable bonds is 3. The Morgan fingerprint density at radius 2 is 2.25 bits per heavy atom. The van der Waals surface area contributed by atoms with E-state index in [1.807, 2.05) is 12.2 Å². The summed E-state index contributed by atoms with van der Waals surface area (Å²) in [4.78, 5) is 0. The van der Waals surface area contributed by atoms with E-state index in [1.165, 1.54) is 6.20 Å². The van der Waals surface area contributed by atoms with Gasteiger partial charge in [-0.2, -0.15) is 11.8 Å². The van der Waals surface area contributed by atoms with Crippen LogP contribution in [0.25, 0.3) is 0 Å². The van der Waals surface area contributed by atoms with Crippen LogP contribution in [-0.4, -0.2) is 12.0 Å². The molecule has 0 bridgehead atoms. The van der Waals surface area contributed by atoms with Crippen LogP contribution in [0.1, 0.15) is 0 Å². The van der Waals surface area contributed by atoms with Crippen LogP contribution in [-0.2, 0) is 0 Å². The first kappa shape index (κ1) is 7.63. The number of nitrogens with two attached hydrogens (primary N) is 1. The third-order valence-corrected chi connectivity index (χ3v) is 1.15. The van der Waals surface area contributed by atoms with Gasteiger partial charge in [0.25, 0.3) is 0 Å². The molecule has 0 aliphatic rings. The van der Waals surface area contributed by atoms with Crippen molar-refractivity contribution >= 4 is 11.8 Å². The molecule has 46 valence electrons. The Kier molecular flexibility index (Phi) is 6.32. The van der Waals surface area contributed by atoms with Crippen LogP contribution in [0, 0.1) is 0 Å². The average molecular weight is 129 g/mol. The van der Waals surface area contributed by atoms with Crippen LogP contribution in [0.15, 0.2) is 24.4 Å². The molecule has 0 aromatic carbocycles. The van der Waals surface area contributed by atoms with Gasteiger partial charge in [-0.15, -0.1) is 0 Å². The fourth-order valence-electron chi connectivity index (χ4n) is 0.294. The van der Waals surface area contributed by atoms with E-state index in [2.05, 4.69) is 12.3 Å². The molecule has 0 heterocycles. The lowest BCUT2D eigenvalue weighted by Gasteiger charge is -1.78. The molecule has 2 N–H and O–H groups in total. The maximum Gasteiger partial charge on any atom is 0.0113 e. The van der Waals surface area contributed by atoms with Crippen molar-refractivity contribution < 1.29 is 0 Å². The minimum atomic E-state index is 1.06. The van der Waals surface area contributed by atoms with Crippen LogP contribution < -0.4 is 5.73 Å². The van der Waals surface area contributed by atoms with Gasteiger partial charge in [-0.05, 0) is 18.5 Å². The predicted molar refractivity (Wildman–Crippen MR) is 40.8 cm³/mol. The minimum Gasteiger partial charge on any atom is -0.405 e. The van der Waals surface area contributed by atoms with Crippen LogP contribution in [0.2, 0.25) is 0 Å². The highest BCUT2D eigenvalue weighted by Gasteiger charge is 1.66. The molecule has 0 radical (unpaired) electrons. The van der Waals surface area contributed by atoms with E-state index in [-0.39, 0.29) is 0 Å². The zero-order chi connectivity index (χ0) is 6.24. The maximum absolute atomic E-state index is 5.07. The highest BCUT2D eigenvalue weighted by molar-refractivity contribution is 7.98. The first-order valence-electron chi connectivity index (χ1n) is 2.44. The third-order valence-electron chi connectivity index (χ3n) is 0.621. The largest absolute Gasteiger partial charge is 0.405 e. The van der Waals surface area contributed by atoms with Crippen LogP contribution in [0.5, 0.6) is 0 Å². The Morgan fingerprint density at radius 3 is 2.75 bits per heavy atom. The van der Waals surface area contributed by atoms with Gasteiger partial charge in [0.05, 0.1) is 0 Å². The first-order chi connectivity index (χ1) is 3.91. The van der Waals surface area contributed by atoms with E-state index in [0.29, 0.717) is 0 Å². The van der Waals surface area contributed by atoms with Crippen molar-refractivity contribution in [3.8, 4) is 0 Å². The molecule has 8 heavy (non-hydrogen) atoms. The summed E-state index contributed by atoms with van der Waals surface area (Å²) in [5, 5.41) is 0. The van der Waals surface area contributed by atoms with Crippen molar-refractivity contribution in [1.29, 1.82) is 0 Å². The summed E-state index contributed by atoms with van der Waals surface area (Å²) in [6, 6.07) is 0. The summed E-state index contributed by atoms with van der Waals surface area (Å²) in [6.45, 7) is 0. The summed E-state index contributed by atoms with van der Waals surface area (Å²) in [6.07, 6.45) is 9.41. The average Bonchev–Trinajstić information content (AvgIpc) is 1.81. The van der Waals surface area contributed by atoms with E-state index in [1.54, 1.807) is 11.8 Å². The molecule has 0 aliphatic heterocycles. The fraction of sp³-hybridized carbons (Fsp3) is 0.333. The molecule has 0 saturated heterocycles. The highest BCUT2D eigenvalue weighted by atomic mass is 32.2. The normalized spacial score (nSPS) is 11.6. The van der Waals surface area contributed by atoms with E-state index in [0.717, 1.165) is 5.75 Å². The molecule has 0 aromatic rings. The fourth-order valence-corrected chi connectivity index (χ4v) is 0.598. The van der Waals surface area contributed by atoms with E-state index in [4.69, 9.17) is 5.73 Å². The van der Waals surface area contributed by atoms with Gasteiger partial charge in [-0.3, -0.25) is 0 Å². The Hall–Kier alpha value is -0.370. The number of thioether (sulfide) groups is 1. The molecule has 2 heteroatoms. The summed E-state index contributed by atoms with van der Waals surface area (Å²) in [5.74, 6) is 1.06. The highest BCUT2D eigenvalue weighted by Crippen LogP contribution is 1.90. The SMILES string of the molecule is CSC/C=C/C=C\N. The lowest BCUT2D eigenvalue weighted by Crippen LogP contribution is -1.72. The summed E-state index contributed by atoms with van der Waals surface area (Å²) in [5.41, 5.74) is 5.07. The topological polar surface area (TPSA) is 26.0 Å². The van der Waals surface area contributed by atoms with Crippen molar-refractivity contribution in [3.63, 3.8) is 0 Å². The Bertz CT molecular complexity index is 86.5. The molecule has 0 unspecified atom stereocenters. The predicted octanol–water partition coefficient (Wildman–Crippen LogP) is 1.38. The van der Waals surface area contributed by atoms with E-state index in [9.17, 15) is 0 Å². The molecule has 1 nitrogen and oxygen atoms in total. The lowest BCUT2D eigenvalue weighted by atomic mass is 10.5. The number of hydrogen-bond donors (Lipinski definition) is 1. The van der Waals surface area contributed by atoms with Gasteiger partial charge >= 0.3 is 0 Å². The molecule has 0 fully saturated rings. The zero-order valence-corrected chi connectivity index (χ0v) is 5.82. The Labute approximate surface area is 54.6 Å². The molecule has 0 spiro atoms. The van der Waals surface area contributed by atoms with Gasteiger partial charge in [0.2, 0.25) is 0 Å². The van der Waals surface area contributed by atoms with Crippen molar-refractivity contribution in [2.75, 3.05) is 12.0 Å². The summed E-state index contributed by atoms with van der Waals surface area (Å²) < 4.78 is 0. The van der Waals surface area contributed by atoms with Gasteiger partial charge < -0.3 is 5.73 Å². The summed E-state index contributed by atoms with van der Waals surface area (Å²) in [7, 11) is 0.